The molecule has 29 heavy (non-hydrogen) atoms. The summed E-state index contributed by atoms with van der Waals surface area (Å²) < 4.78 is 29.3. The Morgan fingerprint density at radius 3 is 2.31 bits per heavy atom. The number of fused-ring (bicyclic) bond motifs is 2. The van der Waals surface area contributed by atoms with E-state index in [0.29, 0.717) is 6.42 Å². The van der Waals surface area contributed by atoms with Crippen LogP contribution in [0.4, 0.5) is 0 Å². The number of carbonyl (C=O) groups excluding carboxylic acids is 1. The topological polar surface area (TPSA) is 116 Å². The fraction of sp³-hybridized carbons (Fsp3) is 0.950. The Kier molecular flexibility index (Phi) is 5.26. The lowest BCUT2D eigenvalue weighted by molar-refractivity contribution is -0.161. The summed E-state index contributed by atoms with van der Waals surface area (Å²) in [7, 11) is 0. The Morgan fingerprint density at radius 1 is 1.00 bits per heavy atom. The summed E-state index contributed by atoms with van der Waals surface area (Å²) in [6.07, 6.45) is -2.13. The molecule has 166 valence electrons. The maximum absolute atomic E-state index is 12.8. The molecule has 8 atom stereocenters. The lowest BCUT2D eigenvalue weighted by Crippen LogP contribution is -2.59. The largest absolute Gasteiger partial charge is 0.390 e. The molecule has 4 rings (SSSR count). The number of nitrogens with one attached hydrogen (secondary N) is 1. The van der Waals surface area contributed by atoms with Crippen molar-refractivity contribution in [1.29, 1.82) is 0 Å². The number of ether oxygens (including phenoxy) is 5. The normalized spacial score (nSPS) is 48.0. The second kappa shape index (κ2) is 7.12. The van der Waals surface area contributed by atoms with Crippen LogP contribution in [0, 0.1) is 0 Å². The summed E-state index contributed by atoms with van der Waals surface area (Å²) in [5.41, 5.74) is -1.72. The van der Waals surface area contributed by atoms with E-state index in [0.717, 1.165) is 0 Å². The molecule has 0 unspecified atom stereocenters. The van der Waals surface area contributed by atoms with E-state index in [4.69, 9.17) is 23.7 Å². The molecule has 3 aliphatic heterocycles. The van der Waals surface area contributed by atoms with Crippen molar-refractivity contribution in [3.63, 3.8) is 0 Å². The molecule has 0 bridgehead atoms. The molecule has 4 aliphatic rings. The van der Waals surface area contributed by atoms with Gasteiger partial charge in [-0.15, -0.1) is 0 Å². The summed E-state index contributed by atoms with van der Waals surface area (Å²) in [5.74, 6) is -2.03. The third-order valence-corrected chi connectivity index (χ3v) is 6.19. The predicted octanol–water partition coefficient (Wildman–Crippen LogP) is 0.206. The highest BCUT2D eigenvalue weighted by Gasteiger charge is 2.56. The Balaban J connectivity index is 1.34. The van der Waals surface area contributed by atoms with Crippen LogP contribution in [0.3, 0.4) is 0 Å². The van der Waals surface area contributed by atoms with Gasteiger partial charge in [-0.1, -0.05) is 0 Å². The van der Waals surface area contributed by atoms with Gasteiger partial charge in [-0.25, -0.2) is 0 Å². The maximum Gasteiger partial charge on any atom is 0.252 e. The number of aliphatic hydroxyl groups is 2. The Bertz CT molecular complexity index is 654. The van der Waals surface area contributed by atoms with Gasteiger partial charge in [0.15, 0.2) is 11.6 Å². The Hall–Kier alpha value is -0.810. The van der Waals surface area contributed by atoms with Crippen LogP contribution in [0.1, 0.15) is 53.9 Å². The minimum atomic E-state index is -1.72. The molecule has 9 heteroatoms. The van der Waals surface area contributed by atoms with Crippen molar-refractivity contribution in [2.45, 2.75) is 114 Å². The first-order valence-corrected chi connectivity index (χ1v) is 10.4. The number of hydrogen-bond acceptors (Lipinski definition) is 8. The van der Waals surface area contributed by atoms with Crippen LogP contribution in [0.5, 0.6) is 0 Å². The van der Waals surface area contributed by atoms with E-state index >= 15 is 0 Å². The minimum Gasteiger partial charge on any atom is -0.390 e. The monoisotopic (exact) mass is 415 g/mol. The van der Waals surface area contributed by atoms with Gasteiger partial charge in [0.1, 0.15) is 17.8 Å². The van der Waals surface area contributed by atoms with Crippen molar-refractivity contribution in [1.82, 2.24) is 5.32 Å². The van der Waals surface area contributed by atoms with E-state index in [1.807, 2.05) is 20.8 Å². The summed E-state index contributed by atoms with van der Waals surface area (Å²) >= 11 is 0. The van der Waals surface area contributed by atoms with E-state index in [1.165, 1.54) is 0 Å². The average Bonchev–Trinajstić information content (AvgIpc) is 3.06. The van der Waals surface area contributed by atoms with Crippen LogP contribution in [-0.4, -0.2) is 82.6 Å². The average molecular weight is 415 g/mol. The smallest absolute Gasteiger partial charge is 0.252 e. The van der Waals surface area contributed by atoms with Crippen LogP contribution < -0.4 is 5.32 Å². The van der Waals surface area contributed by atoms with Gasteiger partial charge in [-0.3, -0.25) is 4.79 Å². The molecule has 0 radical (unpaired) electrons. The number of hydrogen-bond donors (Lipinski definition) is 3. The van der Waals surface area contributed by atoms with Crippen molar-refractivity contribution in [3.8, 4) is 0 Å². The molecule has 0 aromatic rings. The Morgan fingerprint density at radius 2 is 1.62 bits per heavy atom. The number of aliphatic hydroxyl groups excluding tert-OH is 1. The number of carbonyl (C=O) groups is 1. The van der Waals surface area contributed by atoms with E-state index in [2.05, 4.69) is 5.32 Å². The van der Waals surface area contributed by atoms with Crippen LogP contribution in [0.2, 0.25) is 0 Å². The van der Waals surface area contributed by atoms with E-state index in [-0.39, 0.29) is 43.8 Å². The van der Waals surface area contributed by atoms with Gasteiger partial charge in [0, 0.05) is 25.8 Å². The molecule has 0 spiro atoms. The molecule has 0 aromatic carbocycles. The highest BCUT2D eigenvalue weighted by Crippen LogP contribution is 2.41. The standard InChI is InChI=1S/C20H33NO8/c1-10-15-13(26-18(2,3)28-15)6-11(25-10)9-21-17(23)20(24)7-12(22)16-14(8-20)27-19(4,5)29-16/h10-16,22,24H,6-9H2,1-5H3,(H,21,23)/t10-,11-,12+,13+,14+,15-,16-,20+/m0/s1. The third kappa shape index (κ3) is 4.19. The predicted molar refractivity (Wildman–Crippen MR) is 99.8 cm³/mol. The molecular formula is C20H33NO8. The zero-order valence-corrected chi connectivity index (χ0v) is 17.7. The highest BCUT2D eigenvalue weighted by atomic mass is 16.8. The van der Waals surface area contributed by atoms with Crippen molar-refractivity contribution in [2.75, 3.05) is 6.54 Å². The molecular weight excluding hydrogens is 382 g/mol. The molecule has 1 saturated carbocycles. The molecule has 1 aliphatic carbocycles. The number of amides is 1. The Labute approximate surface area is 171 Å². The molecule has 3 N–H and O–H groups in total. The number of rotatable bonds is 3. The highest BCUT2D eigenvalue weighted by molar-refractivity contribution is 5.85. The van der Waals surface area contributed by atoms with Crippen LogP contribution in [0.15, 0.2) is 0 Å². The quantitative estimate of drug-likeness (QED) is 0.599. The van der Waals surface area contributed by atoms with Crippen molar-refractivity contribution >= 4 is 5.91 Å². The molecule has 9 nitrogen and oxygen atoms in total. The van der Waals surface area contributed by atoms with Crippen LogP contribution in [0.25, 0.3) is 0 Å². The molecule has 3 heterocycles. The van der Waals surface area contributed by atoms with Gasteiger partial charge in [-0.05, 0) is 34.6 Å². The summed E-state index contributed by atoms with van der Waals surface area (Å²) in [6, 6.07) is 0. The van der Waals surface area contributed by atoms with Gasteiger partial charge >= 0.3 is 0 Å². The molecule has 3 saturated heterocycles. The first kappa shape index (κ1) is 21.4. The first-order valence-electron chi connectivity index (χ1n) is 10.4. The second-order valence-corrected chi connectivity index (χ2v) is 9.69. The van der Waals surface area contributed by atoms with Crippen molar-refractivity contribution < 1.29 is 38.7 Å². The lowest BCUT2D eigenvalue weighted by Gasteiger charge is -2.39. The van der Waals surface area contributed by atoms with Crippen LogP contribution >= 0.6 is 0 Å². The summed E-state index contributed by atoms with van der Waals surface area (Å²) in [4.78, 5) is 12.8. The fourth-order valence-electron chi connectivity index (χ4n) is 5.05. The zero-order chi connectivity index (χ0) is 21.2. The SMILES string of the molecule is C[C@@H]1O[C@H](CNC(=O)[C@@]2(O)C[C@@H](O)[C@@H]3OC(C)(C)O[C@@H]3C2)C[C@H]2OC(C)(C)O[C@@H]12. The van der Waals surface area contributed by atoms with Gasteiger partial charge in [0.2, 0.25) is 0 Å². The lowest BCUT2D eigenvalue weighted by atomic mass is 9.79. The minimum absolute atomic E-state index is 0.0712. The van der Waals surface area contributed by atoms with E-state index in [9.17, 15) is 15.0 Å². The third-order valence-electron chi connectivity index (χ3n) is 6.19. The van der Waals surface area contributed by atoms with Gasteiger partial charge < -0.3 is 39.2 Å². The first-order chi connectivity index (χ1) is 13.4. The molecule has 0 aromatic heterocycles. The van der Waals surface area contributed by atoms with Crippen LogP contribution in [-0.2, 0) is 28.5 Å². The maximum atomic E-state index is 12.8. The second-order valence-electron chi connectivity index (χ2n) is 9.69. The van der Waals surface area contributed by atoms with Gasteiger partial charge in [0.25, 0.3) is 5.91 Å². The van der Waals surface area contributed by atoms with E-state index in [1.54, 1.807) is 13.8 Å². The zero-order valence-electron chi connectivity index (χ0n) is 17.7. The van der Waals surface area contributed by atoms with Crippen molar-refractivity contribution in [3.05, 3.63) is 0 Å². The molecule has 4 fully saturated rings. The van der Waals surface area contributed by atoms with Gasteiger partial charge in [-0.2, -0.15) is 0 Å². The van der Waals surface area contributed by atoms with Gasteiger partial charge in [0.05, 0.1) is 30.5 Å². The van der Waals surface area contributed by atoms with Crippen molar-refractivity contribution in [2.24, 2.45) is 0 Å². The summed E-state index contributed by atoms with van der Waals surface area (Å²) in [6.45, 7) is 9.43. The van der Waals surface area contributed by atoms with E-state index < -0.39 is 41.4 Å². The summed E-state index contributed by atoms with van der Waals surface area (Å²) in [5, 5.41) is 24.1. The fourth-order valence-corrected chi connectivity index (χ4v) is 5.05. The molecule has 1 amide bonds.